The molecule has 0 amide bonds. The fourth-order valence-electron chi connectivity index (χ4n) is 1.97. The molecule has 1 aromatic carbocycles. The summed E-state index contributed by atoms with van der Waals surface area (Å²) in [6.45, 7) is 9.88. The average Bonchev–Trinajstić information content (AvgIpc) is 2.39. The summed E-state index contributed by atoms with van der Waals surface area (Å²) in [6, 6.07) is 10.6. The van der Waals surface area contributed by atoms with Crippen molar-refractivity contribution >= 4 is 0 Å². The van der Waals surface area contributed by atoms with Crippen molar-refractivity contribution in [3.63, 3.8) is 0 Å². The first-order chi connectivity index (χ1) is 8.67. The van der Waals surface area contributed by atoms with E-state index in [9.17, 15) is 0 Å². The van der Waals surface area contributed by atoms with E-state index in [2.05, 4.69) is 49.7 Å². The van der Waals surface area contributed by atoms with Gasteiger partial charge in [0.05, 0.1) is 0 Å². The Morgan fingerprint density at radius 1 is 1.39 bits per heavy atom. The molecule has 0 aliphatic carbocycles. The molecule has 0 aromatic heterocycles. The highest BCUT2D eigenvalue weighted by Crippen LogP contribution is 2.12. The van der Waals surface area contributed by atoms with Crippen molar-refractivity contribution < 1.29 is 0 Å². The lowest BCUT2D eigenvalue weighted by Gasteiger charge is -2.25. The van der Waals surface area contributed by atoms with E-state index >= 15 is 0 Å². The molecular formula is C16H24N2. The highest BCUT2D eigenvalue weighted by molar-refractivity contribution is 5.17. The number of nitrogens with one attached hydrogen (secondary N) is 1. The van der Waals surface area contributed by atoms with Crippen molar-refractivity contribution in [1.82, 2.24) is 5.32 Å². The van der Waals surface area contributed by atoms with E-state index < -0.39 is 0 Å². The summed E-state index contributed by atoms with van der Waals surface area (Å²) in [5.41, 5.74) is 8.74. The van der Waals surface area contributed by atoms with Gasteiger partial charge in [-0.15, -0.1) is 0 Å². The summed E-state index contributed by atoms with van der Waals surface area (Å²) < 4.78 is 0. The molecule has 2 nitrogen and oxygen atoms in total. The summed E-state index contributed by atoms with van der Waals surface area (Å²) in [6.07, 6.45) is 4.47. The van der Waals surface area contributed by atoms with Gasteiger partial charge in [-0.2, -0.15) is 0 Å². The SMILES string of the molecule is C=CNC(Cc1ccccc1)[C@@H](N)CC(=C)CC. The molecule has 18 heavy (non-hydrogen) atoms. The maximum atomic E-state index is 6.26. The number of nitrogens with two attached hydrogens (primary N) is 1. The topological polar surface area (TPSA) is 38.0 Å². The van der Waals surface area contributed by atoms with Crippen LogP contribution in [0.4, 0.5) is 0 Å². The van der Waals surface area contributed by atoms with Crippen LogP contribution >= 0.6 is 0 Å². The largest absolute Gasteiger partial charge is 0.387 e. The van der Waals surface area contributed by atoms with Gasteiger partial charge in [-0.3, -0.25) is 0 Å². The number of hydrogen-bond acceptors (Lipinski definition) is 2. The van der Waals surface area contributed by atoms with Gasteiger partial charge >= 0.3 is 0 Å². The van der Waals surface area contributed by atoms with Crippen molar-refractivity contribution in [1.29, 1.82) is 0 Å². The standard InChI is InChI=1S/C16H24N2/c1-4-13(3)11-15(17)16(18-5-2)12-14-9-7-6-8-10-14/h5-10,15-16,18H,2-4,11-12,17H2,1H3/t15-,16?/m0/s1. The minimum Gasteiger partial charge on any atom is -0.387 e. The van der Waals surface area contributed by atoms with E-state index in [0.717, 1.165) is 19.3 Å². The Kier molecular flexibility index (Phi) is 6.23. The average molecular weight is 244 g/mol. The normalized spacial score (nSPS) is 13.7. The highest BCUT2D eigenvalue weighted by Gasteiger charge is 2.17. The summed E-state index contributed by atoms with van der Waals surface area (Å²) in [5, 5.41) is 3.26. The Hall–Kier alpha value is -1.54. The lowest BCUT2D eigenvalue weighted by Crippen LogP contribution is -2.44. The third-order valence-corrected chi connectivity index (χ3v) is 3.17. The zero-order chi connectivity index (χ0) is 13.4. The van der Waals surface area contributed by atoms with E-state index in [1.165, 1.54) is 11.1 Å². The van der Waals surface area contributed by atoms with Crippen LogP contribution < -0.4 is 11.1 Å². The van der Waals surface area contributed by atoms with Crippen molar-refractivity contribution in [2.45, 2.75) is 38.3 Å². The quantitative estimate of drug-likeness (QED) is 0.690. The first kappa shape index (κ1) is 14.5. The molecule has 1 aromatic rings. The van der Waals surface area contributed by atoms with Gasteiger partial charge in [0.1, 0.15) is 0 Å². The van der Waals surface area contributed by atoms with E-state index in [1.807, 2.05) is 6.07 Å². The molecule has 0 aliphatic heterocycles. The van der Waals surface area contributed by atoms with Crippen molar-refractivity contribution in [3.05, 3.63) is 60.8 Å². The van der Waals surface area contributed by atoms with E-state index in [-0.39, 0.29) is 12.1 Å². The van der Waals surface area contributed by atoms with Crippen LogP contribution in [-0.4, -0.2) is 12.1 Å². The van der Waals surface area contributed by atoms with Gasteiger partial charge in [-0.05, 0) is 31.0 Å². The molecule has 0 bridgehead atoms. The molecule has 1 rings (SSSR count). The summed E-state index contributed by atoms with van der Waals surface area (Å²) in [4.78, 5) is 0. The maximum Gasteiger partial charge on any atom is 0.0450 e. The Morgan fingerprint density at radius 3 is 2.61 bits per heavy atom. The van der Waals surface area contributed by atoms with Crippen LogP contribution in [-0.2, 0) is 6.42 Å². The van der Waals surface area contributed by atoms with Crippen LogP contribution in [0.25, 0.3) is 0 Å². The first-order valence-corrected chi connectivity index (χ1v) is 6.50. The van der Waals surface area contributed by atoms with Gasteiger partial charge in [0, 0.05) is 12.1 Å². The van der Waals surface area contributed by atoms with E-state index in [4.69, 9.17) is 5.73 Å². The second kappa shape index (κ2) is 7.72. The Bertz CT molecular complexity index is 370. The molecule has 0 saturated carbocycles. The highest BCUT2D eigenvalue weighted by atomic mass is 14.9. The smallest absolute Gasteiger partial charge is 0.0450 e. The fourth-order valence-corrected chi connectivity index (χ4v) is 1.97. The van der Waals surface area contributed by atoms with Crippen LogP contribution in [0.2, 0.25) is 0 Å². The van der Waals surface area contributed by atoms with Gasteiger partial charge in [0.25, 0.3) is 0 Å². The first-order valence-electron chi connectivity index (χ1n) is 6.50. The third kappa shape index (κ3) is 4.76. The molecule has 0 fully saturated rings. The fraction of sp³-hybridized carbons (Fsp3) is 0.375. The molecule has 0 heterocycles. The van der Waals surface area contributed by atoms with Gasteiger partial charge in [0.2, 0.25) is 0 Å². The molecule has 0 radical (unpaired) electrons. The Balaban J connectivity index is 2.64. The maximum absolute atomic E-state index is 6.26. The minimum absolute atomic E-state index is 0.0654. The zero-order valence-corrected chi connectivity index (χ0v) is 11.2. The zero-order valence-electron chi connectivity index (χ0n) is 11.2. The van der Waals surface area contributed by atoms with Gasteiger partial charge in [-0.1, -0.05) is 56.0 Å². The van der Waals surface area contributed by atoms with Gasteiger partial charge < -0.3 is 11.1 Å². The number of rotatable bonds is 8. The molecule has 2 heteroatoms. The van der Waals surface area contributed by atoms with E-state index in [1.54, 1.807) is 6.20 Å². The minimum atomic E-state index is 0.0654. The van der Waals surface area contributed by atoms with E-state index in [0.29, 0.717) is 0 Å². The molecule has 3 N–H and O–H groups in total. The van der Waals surface area contributed by atoms with Crippen molar-refractivity contribution in [2.75, 3.05) is 0 Å². The second-order valence-corrected chi connectivity index (χ2v) is 4.64. The summed E-state index contributed by atoms with van der Waals surface area (Å²) in [5.74, 6) is 0. The monoisotopic (exact) mass is 244 g/mol. The molecule has 0 spiro atoms. The molecule has 98 valence electrons. The summed E-state index contributed by atoms with van der Waals surface area (Å²) >= 11 is 0. The van der Waals surface area contributed by atoms with Crippen LogP contribution in [0.15, 0.2) is 55.3 Å². The predicted molar refractivity (Wildman–Crippen MR) is 79.3 cm³/mol. The Morgan fingerprint density at radius 2 is 2.06 bits per heavy atom. The molecule has 0 saturated heterocycles. The van der Waals surface area contributed by atoms with Crippen LogP contribution in [0.1, 0.15) is 25.3 Å². The molecule has 2 atom stereocenters. The van der Waals surface area contributed by atoms with Crippen molar-refractivity contribution in [2.24, 2.45) is 5.73 Å². The number of hydrogen-bond donors (Lipinski definition) is 2. The molecule has 1 unspecified atom stereocenters. The predicted octanol–water partition coefficient (Wildman–Crippen LogP) is 3.01. The van der Waals surface area contributed by atoms with Gasteiger partial charge in [0.15, 0.2) is 0 Å². The van der Waals surface area contributed by atoms with Gasteiger partial charge in [-0.25, -0.2) is 0 Å². The second-order valence-electron chi connectivity index (χ2n) is 4.64. The third-order valence-electron chi connectivity index (χ3n) is 3.17. The molecule has 0 aliphatic rings. The summed E-state index contributed by atoms with van der Waals surface area (Å²) in [7, 11) is 0. The number of benzene rings is 1. The van der Waals surface area contributed by atoms with Crippen LogP contribution in [0.3, 0.4) is 0 Å². The molecular weight excluding hydrogens is 220 g/mol. The van der Waals surface area contributed by atoms with Crippen LogP contribution in [0.5, 0.6) is 0 Å². The lowest BCUT2D eigenvalue weighted by molar-refractivity contribution is 0.464. The van der Waals surface area contributed by atoms with Crippen molar-refractivity contribution in [3.8, 4) is 0 Å². The van der Waals surface area contributed by atoms with Crippen LogP contribution in [0, 0.1) is 0 Å². The Labute approximate surface area is 111 Å². The lowest BCUT2D eigenvalue weighted by atomic mass is 9.94.